The van der Waals surface area contributed by atoms with Crippen LogP contribution in [0.15, 0.2) is 48.5 Å². The van der Waals surface area contributed by atoms with Crippen LogP contribution in [0.3, 0.4) is 0 Å². The second kappa shape index (κ2) is 7.30. The smallest absolute Gasteiger partial charge is 0.338 e. The number of non-ortho nitro benzene ring substituents is 2. The predicted molar refractivity (Wildman–Crippen MR) is 92.0 cm³/mol. The average Bonchev–Trinajstić information content (AvgIpc) is 3.10. The molecule has 0 aromatic heterocycles. The van der Waals surface area contributed by atoms with Crippen LogP contribution in [0.4, 0.5) is 11.4 Å². The minimum Gasteiger partial charge on any atom is -0.459 e. The Hall–Kier alpha value is -3.29. The Kier molecular flexibility index (Phi) is 4.92. The third kappa shape index (κ3) is 3.85. The third-order valence-electron chi connectivity index (χ3n) is 4.49. The molecule has 0 aliphatic heterocycles. The molecule has 2 atom stereocenters. The Bertz CT molecular complexity index is 820. The molecule has 0 saturated heterocycles. The second-order valence-corrected chi connectivity index (χ2v) is 6.20. The molecule has 8 nitrogen and oxygen atoms in total. The van der Waals surface area contributed by atoms with Crippen molar-refractivity contribution in [2.75, 3.05) is 0 Å². The van der Waals surface area contributed by atoms with Gasteiger partial charge in [-0.1, -0.05) is 30.3 Å². The Morgan fingerprint density at radius 1 is 0.962 bits per heavy atom. The van der Waals surface area contributed by atoms with Crippen molar-refractivity contribution >= 4 is 17.3 Å². The van der Waals surface area contributed by atoms with E-state index in [1.807, 2.05) is 30.3 Å². The largest absolute Gasteiger partial charge is 0.459 e. The molecule has 1 fully saturated rings. The summed E-state index contributed by atoms with van der Waals surface area (Å²) in [6.45, 7) is 0. The van der Waals surface area contributed by atoms with Gasteiger partial charge >= 0.3 is 5.97 Å². The minimum atomic E-state index is -0.782. The summed E-state index contributed by atoms with van der Waals surface area (Å²) in [5, 5.41) is 21.9. The van der Waals surface area contributed by atoms with Gasteiger partial charge in [0.25, 0.3) is 11.4 Å². The summed E-state index contributed by atoms with van der Waals surface area (Å²) in [6, 6.07) is 12.7. The Morgan fingerprint density at radius 2 is 1.58 bits per heavy atom. The summed E-state index contributed by atoms with van der Waals surface area (Å²) in [7, 11) is 0. The molecule has 134 valence electrons. The van der Waals surface area contributed by atoms with E-state index in [0.29, 0.717) is 12.8 Å². The van der Waals surface area contributed by atoms with Crippen LogP contribution in [0.25, 0.3) is 0 Å². The topological polar surface area (TPSA) is 113 Å². The van der Waals surface area contributed by atoms with E-state index in [9.17, 15) is 25.0 Å². The molecular weight excluding hydrogens is 340 g/mol. The van der Waals surface area contributed by atoms with Gasteiger partial charge < -0.3 is 4.74 Å². The van der Waals surface area contributed by atoms with Crippen molar-refractivity contribution in [1.82, 2.24) is 0 Å². The highest BCUT2D eigenvalue weighted by Crippen LogP contribution is 2.36. The zero-order valence-electron chi connectivity index (χ0n) is 13.7. The van der Waals surface area contributed by atoms with Crippen molar-refractivity contribution in [2.45, 2.75) is 31.3 Å². The van der Waals surface area contributed by atoms with Gasteiger partial charge in [0.15, 0.2) is 0 Å². The van der Waals surface area contributed by atoms with Gasteiger partial charge in [-0.2, -0.15) is 0 Å². The number of carbonyl (C=O) groups excluding carboxylic acids is 1. The lowest BCUT2D eigenvalue weighted by atomic mass is 9.98. The molecule has 0 N–H and O–H groups in total. The van der Waals surface area contributed by atoms with Crippen molar-refractivity contribution in [3.05, 3.63) is 79.9 Å². The number of rotatable bonds is 5. The summed E-state index contributed by atoms with van der Waals surface area (Å²) in [4.78, 5) is 32.6. The molecule has 1 saturated carbocycles. The van der Waals surface area contributed by atoms with Crippen LogP contribution in [-0.2, 0) is 4.74 Å². The first kappa shape index (κ1) is 17.5. The molecule has 3 rings (SSSR count). The van der Waals surface area contributed by atoms with Crippen LogP contribution in [-0.4, -0.2) is 21.9 Å². The molecule has 0 amide bonds. The van der Waals surface area contributed by atoms with Crippen molar-refractivity contribution < 1.29 is 19.4 Å². The average molecular weight is 356 g/mol. The lowest BCUT2D eigenvalue weighted by Gasteiger charge is -2.13. The highest BCUT2D eigenvalue weighted by Gasteiger charge is 2.30. The van der Waals surface area contributed by atoms with Crippen molar-refractivity contribution in [3.8, 4) is 0 Å². The van der Waals surface area contributed by atoms with Crippen LogP contribution in [0.2, 0.25) is 0 Å². The zero-order valence-corrected chi connectivity index (χ0v) is 13.7. The molecule has 0 heterocycles. The molecule has 26 heavy (non-hydrogen) atoms. The van der Waals surface area contributed by atoms with Crippen LogP contribution in [0, 0.1) is 20.2 Å². The molecule has 2 aromatic rings. The van der Waals surface area contributed by atoms with Crippen molar-refractivity contribution in [3.63, 3.8) is 0 Å². The highest BCUT2D eigenvalue weighted by atomic mass is 16.6. The molecule has 1 aliphatic rings. The van der Waals surface area contributed by atoms with E-state index < -0.39 is 27.2 Å². The monoisotopic (exact) mass is 356 g/mol. The maximum absolute atomic E-state index is 12.3. The zero-order chi connectivity index (χ0) is 18.7. The van der Waals surface area contributed by atoms with Gasteiger partial charge in [0, 0.05) is 12.1 Å². The number of esters is 1. The number of hydrogen-bond acceptors (Lipinski definition) is 6. The number of hydrogen-bond donors (Lipinski definition) is 0. The first-order valence-electron chi connectivity index (χ1n) is 8.14. The summed E-state index contributed by atoms with van der Waals surface area (Å²) < 4.78 is 5.43. The minimum absolute atomic E-state index is 0.186. The third-order valence-corrected chi connectivity index (χ3v) is 4.49. The normalized spacial score (nSPS) is 19.1. The summed E-state index contributed by atoms with van der Waals surface area (Å²) in [5.74, 6) is -0.496. The second-order valence-electron chi connectivity index (χ2n) is 6.20. The number of nitro benzene ring substituents is 2. The van der Waals surface area contributed by atoms with Gasteiger partial charge in [-0.15, -0.1) is 0 Å². The van der Waals surface area contributed by atoms with Gasteiger partial charge in [-0.25, -0.2) is 4.79 Å². The van der Waals surface area contributed by atoms with Crippen molar-refractivity contribution in [2.24, 2.45) is 0 Å². The van der Waals surface area contributed by atoms with Gasteiger partial charge in [0.05, 0.1) is 21.5 Å². The predicted octanol–water partition coefficient (Wildman–Crippen LogP) is 4.00. The Labute approximate surface area is 148 Å². The molecular formula is C18H16N2O6. The molecule has 0 spiro atoms. The summed E-state index contributed by atoms with van der Waals surface area (Å²) >= 11 is 0. The Morgan fingerprint density at radius 3 is 2.15 bits per heavy atom. The maximum atomic E-state index is 12.3. The van der Waals surface area contributed by atoms with Crippen LogP contribution >= 0.6 is 0 Å². The number of nitro groups is 2. The van der Waals surface area contributed by atoms with Crippen LogP contribution in [0.5, 0.6) is 0 Å². The van der Waals surface area contributed by atoms with E-state index in [2.05, 4.69) is 0 Å². The first-order chi connectivity index (χ1) is 12.4. The molecule has 0 bridgehead atoms. The standard InChI is InChI=1S/C18H16N2O6/c21-18(14-8-15(19(22)23)11-16(9-14)20(24)25)26-17-7-6-13(10-17)12-4-2-1-3-5-12/h1-5,8-9,11,13,17H,6-7,10H2/t13-,17+/m1/s1. The van der Waals surface area contributed by atoms with E-state index in [0.717, 1.165) is 24.6 Å². The van der Waals surface area contributed by atoms with Gasteiger partial charge in [0.1, 0.15) is 6.10 Å². The summed E-state index contributed by atoms with van der Waals surface area (Å²) in [5.41, 5.74) is -0.0365. The fraction of sp³-hybridized carbons (Fsp3) is 0.278. The quantitative estimate of drug-likeness (QED) is 0.455. The summed E-state index contributed by atoms with van der Waals surface area (Å²) in [6.07, 6.45) is 1.90. The molecule has 1 aliphatic carbocycles. The first-order valence-corrected chi connectivity index (χ1v) is 8.14. The van der Waals surface area contributed by atoms with Gasteiger partial charge in [-0.05, 0) is 30.7 Å². The molecule has 2 aromatic carbocycles. The fourth-order valence-electron chi connectivity index (χ4n) is 3.22. The highest BCUT2D eigenvalue weighted by molar-refractivity contribution is 5.91. The van der Waals surface area contributed by atoms with Crippen LogP contribution < -0.4 is 0 Å². The number of ether oxygens (including phenoxy) is 1. The number of carbonyl (C=O) groups is 1. The molecule has 8 heteroatoms. The van der Waals surface area contributed by atoms with E-state index in [-0.39, 0.29) is 17.6 Å². The Balaban J connectivity index is 1.72. The lowest BCUT2D eigenvalue weighted by molar-refractivity contribution is -0.394. The van der Waals surface area contributed by atoms with Crippen LogP contribution in [0.1, 0.15) is 41.1 Å². The number of benzene rings is 2. The van der Waals surface area contributed by atoms with E-state index in [1.54, 1.807) is 0 Å². The number of nitrogens with zero attached hydrogens (tertiary/aromatic N) is 2. The van der Waals surface area contributed by atoms with E-state index in [4.69, 9.17) is 4.74 Å². The van der Waals surface area contributed by atoms with Gasteiger partial charge in [0.2, 0.25) is 0 Å². The van der Waals surface area contributed by atoms with E-state index >= 15 is 0 Å². The van der Waals surface area contributed by atoms with Crippen molar-refractivity contribution in [1.29, 1.82) is 0 Å². The van der Waals surface area contributed by atoms with Gasteiger partial charge in [-0.3, -0.25) is 20.2 Å². The van der Waals surface area contributed by atoms with E-state index in [1.165, 1.54) is 5.56 Å². The molecule has 0 radical (unpaired) electrons. The fourth-order valence-corrected chi connectivity index (χ4v) is 3.22. The maximum Gasteiger partial charge on any atom is 0.338 e. The SMILES string of the molecule is O=C(O[C@H]1CC[C@@H](c2ccccc2)C1)c1cc([N+](=O)[O-])cc([N+](=O)[O-])c1. The lowest BCUT2D eigenvalue weighted by Crippen LogP contribution is -2.15. The molecule has 0 unspecified atom stereocenters.